The highest BCUT2D eigenvalue weighted by molar-refractivity contribution is 6.07. The molecule has 0 saturated carbocycles. The molecule has 2 rings (SSSR count). The lowest BCUT2D eigenvalue weighted by Crippen LogP contribution is -2.39. The van der Waals surface area contributed by atoms with Crippen molar-refractivity contribution in [1.82, 2.24) is 9.55 Å². The first-order chi connectivity index (χ1) is 11.8. The number of halogens is 2. The number of rotatable bonds is 5. The number of carbonyl (C=O) groups excluding carboxylic acids is 1. The normalized spacial score (nSPS) is 10.7. The van der Waals surface area contributed by atoms with E-state index in [0.717, 1.165) is 34.1 Å². The first kappa shape index (κ1) is 18.4. The Labute approximate surface area is 141 Å². The van der Waals surface area contributed by atoms with Gasteiger partial charge < -0.3 is 10.6 Å². The molecule has 0 aliphatic heterocycles. The maximum absolute atomic E-state index is 13.8. The zero-order valence-corrected chi connectivity index (χ0v) is 13.8. The molecule has 3 N–H and O–H groups in total. The molecule has 1 aromatic heterocycles. The third-order valence-electron chi connectivity index (χ3n) is 3.75. The van der Waals surface area contributed by atoms with Crippen molar-refractivity contribution in [3.63, 3.8) is 0 Å². The fourth-order valence-electron chi connectivity index (χ4n) is 2.38. The van der Waals surface area contributed by atoms with Crippen LogP contribution in [0.5, 0.6) is 0 Å². The van der Waals surface area contributed by atoms with Crippen LogP contribution < -0.4 is 21.9 Å². The number of hydrogen-bond donors (Lipinski definition) is 2. The molecule has 0 unspecified atom stereocenters. The molecule has 9 heteroatoms. The number of H-pyrrole nitrogens is 1. The van der Waals surface area contributed by atoms with Crippen LogP contribution in [0.15, 0.2) is 27.8 Å². The maximum atomic E-state index is 13.8. The molecule has 0 radical (unpaired) electrons. The lowest BCUT2D eigenvalue weighted by molar-refractivity contribution is 0.0988. The standard InChI is InChI=1S/C16H18F2N4O3/c1-3-4-7-22-13(19)12(14(23)20-16(22)25)21(2)15(24)10-8-9(17)5-6-11(10)18/h5-6,8H,3-4,7,19H2,1-2H3,(H,20,23,25). The molecular formula is C16H18F2N4O3. The summed E-state index contributed by atoms with van der Waals surface area (Å²) in [5.41, 5.74) is 3.46. The second-order valence-electron chi connectivity index (χ2n) is 5.49. The highest BCUT2D eigenvalue weighted by Crippen LogP contribution is 2.19. The molecular weight excluding hydrogens is 334 g/mol. The summed E-state index contributed by atoms with van der Waals surface area (Å²) in [7, 11) is 1.20. The molecule has 0 spiro atoms. The van der Waals surface area contributed by atoms with Crippen molar-refractivity contribution in [2.24, 2.45) is 0 Å². The van der Waals surface area contributed by atoms with E-state index in [1.807, 2.05) is 6.92 Å². The van der Waals surface area contributed by atoms with E-state index in [9.17, 15) is 23.2 Å². The SMILES string of the molecule is CCCCn1c(N)c(N(C)C(=O)c2cc(F)ccc2F)c(=O)[nH]c1=O. The molecule has 1 aromatic carbocycles. The molecule has 1 heterocycles. The number of anilines is 2. The minimum Gasteiger partial charge on any atom is -0.383 e. The largest absolute Gasteiger partial charge is 0.383 e. The van der Waals surface area contributed by atoms with Gasteiger partial charge in [0.05, 0.1) is 5.56 Å². The number of hydrogen-bond acceptors (Lipinski definition) is 4. The molecule has 0 saturated heterocycles. The van der Waals surface area contributed by atoms with Gasteiger partial charge in [-0.2, -0.15) is 0 Å². The van der Waals surface area contributed by atoms with Gasteiger partial charge in [0.1, 0.15) is 17.5 Å². The summed E-state index contributed by atoms with van der Waals surface area (Å²) < 4.78 is 28.3. The van der Waals surface area contributed by atoms with Gasteiger partial charge in [0.25, 0.3) is 11.5 Å². The Morgan fingerprint density at radius 1 is 1.32 bits per heavy atom. The van der Waals surface area contributed by atoms with Crippen molar-refractivity contribution in [2.45, 2.75) is 26.3 Å². The minimum absolute atomic E-state index is 0.213. The summed E-state index contributed by atoms with van der Waals surface area (Å²) >= 11 is 0. The summed E-state index contributed by atoms with van der Waals surface area (Å²) in [5, 5.41) is 0. The second kappa shape index (κ2) is 7.29. The molecule has 0 fully saturated rings. The molecule has 0 bridgehead atoms. The predicted octanol–water partition coefficient (Wildman–Crippen LogP) is 1.47. The summed E-state index contributed by atoms with van der Waals surface area (Å²) in [4.78, 5) is 39.3. The topological polar surface area (TPSA) is 101 Å². The van der Waals surface area contributed by atoms with Gasteiger partial charge >= 0.3 is 5.69 Å². The van der Waals surface area contributed by atoms with Crippen molar-refractivity contribution in [3.05, 3.63) is 56.2 Å². The zero-order chi connectivity index (χ0) is 18.7. The highest BCUT2D eigenvalue weighted by atomic mass is 19.1. The quantitative estimate of drug-likeness (QED) is 0.851. The van der Waals surface area contributed by atoms with E-state index in [1.54, 1.807) is 0 Å². The minimum atomic E-state index is -0.963. The van der Waals surface area contributed by atoms with Crippen LogP contribution in [0, 0.1) is 11.6 Å². The van der Waals surface area contributed by atoms with E-state index in [1.165, 1.54) is 7.05 Å². The second-order valence-corrected chi connectivity index (χ2v) is 5.49. The number of unbranched alkanes of at least 4 members (excludes halogenated alkanes) is 1. The summed E-state index contributed by atoms with van der Waals surface area (Å²) in [5.74, 6) is -2.91. The number of nitrogens with one attached hydrogen (secondary N) is 1. The van der Waals surface area contributed by atoms with E-state index < -0.39 is 34.4 Å². The lowest BCUT2D eigenvalue weighted by Gasteiger charge is -2.20. The fourth-order valence-corrected chi connectivity index (χ4v) is 2.38. The molecule has 7 nitrogen and oxygen atoms in total. The number of aromatic nitrogens is 2. The average molecular weight is 352 g/mol. The van der Waals surface area contributed by atoms with Crippen LogP contribution in [-0.2, 0) is 6.54 Å². The van der Waals surface area contributed by atoms with E-state index >= 15 is 0 Å². The Morgan fingerprint density at radius 3 is 2.64 bits per heavy atom. The fraction of sp³-hybridized carbons (Fsp3) is 0.312. The van der Waals surface area contributed by atoms with Crippen molar-refractivity contribution in [1.29, 1.82) is 0 Å². The Balaban J connectivity index is 2.53. The summed E-state index contributed by atoms with van der Waals surface area (Å²) in [6.07, 6.45) is 1.41. The first-order valence-corrected chi connectivity index (χ1v) is 7.63. The number of benzene rings is 1. The monoisotopic (exact) mass is 352 g/mol. The van der Waals surface area contributed by atoms with E-state index in [-0.39, 0.29) is 18.1 Å². The van der Waals surface area contributed by atoms with E-state index in [4.69, 9.17) is 5.73 Å². The number of amides is 1. The van der Waals surface area contributed by atoms with Crippen molar-refractivity contribution >= 4 is 17.4 Å². The van der Waals surface area contributed by atoms with E-state index in [0.29, 0.717) is 6.42 Å². The zero-order valence-electron chi connectivity index (χ0n) is 13.8. The Morgan fingerprint density at radius 2 is 2.00 bits per heavy atom. The van der Waals surface area contributed by atoms with Crippen LogP contribution in [0.2, 0.25) is 0 Å². The highest BCUT2D eigenvalue weighted by Gasteiger charge is 2.24. The summed E-state index contributed by atoms with van der Waals surface area (Å²) in [6, 6.07) is 2.41. The van der Waals surface area contributed by atoms with Gasteiger partial charge in [0, 0.05) is 13.6 Å². The van der Waals surface area contributed by atoms with Gasteiger partial charge in [0.15, 0.2) is 5.69 Å². The number of nitrogens with two attached hydrogens (primary N) is 1. The van der Waals surface area contributed by atoms with Crippen molar-refractivity contribution in [2.75, 3.05) is 17.7 Å². The molecule has 0 aliphatic carbocycles. The molecule has 0 aliphatic rings. The Hall–Kier alpha value is -2.97. The molecule has 2 aromatic rings. The van der Waals surface area contributed by atoms with Gasteiger partial charge in [0.2, 0.25) is 0 Å². The van der Waals surface area contributed by atoms with Gasteiger partial charge in [-0.1, -0.05) is 13.3 Å². The number of carbonyl (C=O) groups is 1. The molecule has 134 valence electrons. The lowest BCUT2D eigenvalue weighted by atomic mass is 10.1. The van der Waals surface area contributed by atoms with Gasteiger partial charge in [-0.05, 0) is 24.6 Å². The number of aromatic amines is 1. The van der Waals surface area contributed by atoms with Crippen LogP contribution in [0.1, 0.15) is 30.1 Å². The third-order valence-corrected chi connectivity index (χ3v) is 3.75. The molecule has 1 amide bonds. The first-order valence-electron chi connectivity index (χ1n) is 7.63. The summed E-state index contributed by atoms with van der Waals surface area (Å²) in [6.45, 7) is 2.16. The van der Waals surface area contributed by atoms with Gasteiger partial charge in [-0.25, -0.2) is 13.6 Å². The number of nitrogens with zero attached hydrogens (tertiary/aromatic N) is 2. The van der Waals surface area contributed by atoms with Crippen molar-refractivity contribution in [3.8, 4) is 0 Å². The molecule has 25 heavy (non-hydrogen) atoms. The third kappa shape index (κ3) is 3.59. The Bertz CT molecular complexity index is 921. The van der Waals surface area contributed by atoms with Crippen LogP contribution >= 0.6 is 0 Å². The Kier molecular flexibility index (Phi) is 5.35. The van der Waals surface area contributed by atoms with Crippen LogP contribution in [0.4, 0.5) is 20.3 Å². The smallest absolute Gasteiger partial charge is 0.330 e. The average Bonchev–Trinajstić information content (AvgIpc) is 2.55. The van der Waals surface area contributed by atoms with Crippen LogP contribution in [0.25, 0.3) is 0 Å². The van der Waals surface area contributed by atoms with Gasteiger partial charge in [-0.15, -0.1) is 0 Å². The van der Waals surface area contributed by atoms with Gasteiger partial charge in [-0.3, -0.25) is 19.1 Å². The van der Waals surface area contributed by atoms with E-state index in [2.05, 4.69) is 4.98 Å². The molecule has 0 atom stereocenters. The van der Waals surface area contributed by atoms with Crippen molar-refractivity contribution < 1.29 is 13.6 Å². The number of nitrogen functional groups attached to an aromatic ring is 1. The van der Waals surface area contributed by atoms with Crippen LogP contribution in [-0.4, -0.2) is 22.5 Å². The van der Waals surface area contributed by atoms with Crippen LogP contribution in [0.3, 0.4) is 0 Å². The predicted molar refractivity (Wildman–Crippen MR) is 89.7 cm³/mol. The maximum Gasteiger partial charge on any atom is 0.330 e.